The van der Waals surface area contributed by atoms with E-state index in [2.05, 4.69) is 4.74 Å². The van der Waals surface area contributed by atoms with Gasteiger partial charge in [-0.25, -0.2) is 9.59 Å². The van der Waals surface area contributed by atoms with Crippen molar-refractivity contribution >= 4 is 24.1 Å². The molecule has 0 radical (unpaired) electrons. The molecule has 1 amide bonds. The first kappa shape index (κ1) is 22.3. The Morgan fingerprint density at radius 3 is 2.20 bits per heavy atom. The van der Waals surface area contributed by atoms with Crippen molar-refractivity contribution in [2.45, 2.75) is 39.8 Å². The number of hydrogen-bond acceptors (Lipinski definition) is 6. The largest absolute Gasteiger partial charge is 0.467 e. The third-order valence-corrected chi connectivity index (χ3v) is 3.22. The number of rotatable bonds is 7. The number of methoxy groups -OCH3 is 1. The minimum atomic E-state index is -0.881. The van der Waals surface area contributed by atoms with Gasteiger partial charge >= 0.3 is 12.1 Å². The quantitative estimate of drug-likeness (QED) is 0.553. The first-order valence-corrected chi connectivity index (χ1v) is 7.85. The summed E-state index contributed by atoms with van der Waals surface area (Å²) in [6.07, 6.45) is 0.460. The van der Waals surface area contributed by atoms with Crippen LogP contribution in [0.1, 0.15) is 32.8 Å². The van der Waals surface area contributed by atoms with Gasteiger partial charge < -0.3 is 19.1 Å². The average molecular weight is 351 g/mol. The van der Waals surface area contributed by atoms with Gasteiger partial charge in [-0.1, -0.05) is 37.3 Å². The Hall–Kier alpha value is -2.70. The number of Topliss-reactive ketones (excluding diaryl/α,β-unsaturated/α-hetero) is 1. The van der Waals surface area contributed by atoms with Crippen molar-refractivity contribution in [3.05, 3.63) is 35.9 Å². The highest BCUT2D eigenvalue weighted by Gasteiger charge is 2.27. The molecule has 0 unspecified atom stereocenters. The summed E-state index contributed by atoms with van der Waals surface area (Å²) in [7, 11) is 1.22. The van der Waals surface area contributed by atoms with Crippen LogP contribution in [0, 0.1) is 0 Å². The second-order valence-corrected chi connectivity index (χ2v) is 5.11. The molecule has 0 aromatic heterocycles. The number of benzene rings is 1. The van der Waals surface area contributed by atoms with Crippen molar-refractivity contribution in [2.24, 2.45) is 0 Å². The lowest BCUT2D eigenvalue weighted by Gasteiger charge is -2.24. The molecule has 0 aliphatic rings. The lowest BCUT2D eigenvalue weighted by Crippen LogP contribution is -2.45. The van der Waals surface area contributed by atoms with E-state index in [0.29, 0.717) is 12.7 Å². The van der Waals surface area contributed by atoms with Crippen LogP contribution in [0.15, 0.2) is 30.3 Å². The smallest absolute Gasteiger partial charge is 0.411 e. The SMILES string of the molecule is CCC(C)=O.COC(=O)[C@H](C)N(CC=O)C(=O)OCc1ccccc1. The lowest BCUT2D eigenvalue weighted by atomic mass is 10.2. The van der Waals surface area contributed by atoms with Crippen LogP contribution >= 0.6 is 0 Å². The molecule has 1 aromatic rings. The summed E-state index contributed by atoms with van der Waals surface area (Å²) >= 11 is 0. The number of amides is 1. The number of ketones is 1. The highest BCUT2D eigenvalue weighted by atomic mass is 16.6. The maximum absolute atomic E-state index is 11.9. The highest BCUT2D eigenvalue weighted by molar-refractivity contribution is 5.82. The maximum atomic E-state index is 11.9. The van der Waals surface area contributed by atoms with Gasteiger partial charge in [-0.2, -0.15) is 0 Å². The molecule has 0 spiro atoms. The predicted octanol–water partition coefficient (Wildman–Crippen LogP) is 2.37. The van der Waals surface area contributed by atoms with E-state index in [4.69, 9.17) is 4.74 Å². The van der Waals surface area contributed by atoms with E-state index in [1.54, 1.807) is 19.1 Å². The van der Waals surface area contributed by atoms with Gasteiger partial charge in [-0.05, 0) is 19.4 Å². The van der Waals surface area contributed by atoms with Crippen LogP contribution in [0.3, 0.4) is 0 Å². The fourth-order valence-electron chi connectivity index (χ4n) is 1.57. The first-order chi connectivity index (χ1) is 11.9. The second kappa shape index (κ2) is 12.7. The molecule has 0 heterocycles. The van der Waals surface area contributed by atoms with Crippen LogP contribution in [-0.4, -0.2) is 48.7 Å². The number of carbonyl (C=O) groups is 4. The molecule has 1 rings (SSSR count). The van der Waals surface area contributed by atoms with Crippen molar-refractivity contribution < 1.29 is 28.7 Å². The van der Waals surface area contributed by atoms with E-state index in [0.717, 1.165) is 10.5 Å². The van der Waals surface area contributed by atoms with Gasteiger partial charge in [0.25, 0.3) is 0 Å². The molecule has 0 fully saturated rings. The zero-order chi connectivity index (χ0) is 19.2. The van der Waals surface area contributed by atoms with Gasteiger partial charge in [-0.3, -0.25) is 4.90 Å². The normalized spacial score (nSPS) is 10.6. The molecule has 0 aliphatic heterocycles. The zero-order valence-electron chi connectivity index (χ0n) is 15.1. The van der Waals surface area contributed by atoms with Crippen LogP contribution in [0.5, 0.6) is 0 Å². The monoisotopic (exact) mass is 351 g/mol. The van der Waals surface area contributed by atoms with Crippen molar-refractivity contribution in [3.63, 3.8) is 0 Å². The summed E-state index contributed by atoms with van der Waals surface area (Å²) in [5.41, 5.74) is 0.817. The highest BCUT2D eigenvalue weighted by Crippen LogP contribution is 2.07. The van der Waals surface area contributed by atoms with E-state index >= 15 is 0 Å². The minimum Gasteiger partial charge on any atom is -0.467 e. The zero-order valence-corrected chi connectivity index (χ0v) is 15.1. The summed E-state index contributed by atoms with van der Waals surface area (Å²) in [5.74, 6) is -0.353. The topological polar surface area (TPSA) is 90.0 Å². The average Bonchev–Trinajstić information content (AvgIpc) is 2.64. The molecule has 7 heteroatoms. The number of hydrogen-bond donors (Lipinski definition) is 0. The molecule has 7 nitrogen and oxygen atoms in total. The fraction of sp³-hybridized carbons (Fsp3) is 0.444. The Kier molecular flexibility index (Phi) is 11.3. The third-order valence-electron chi connectivity index (χ3n) is 3.22. The Morgan fingerprint density at radius 1 is 1.20 bits per heavy atom. The summed E-state index contributed by atoms with van der Waals surface area (Å²) in [6.45, 7) is 4.74. The summed E-state index contributed by atoms with van der Waals surface area (Å²) in [6, 6.07) is 8.23. The minimum absolute atomic E-state index is 0.0723. The molecule has 138 valence electrons. The van der Waals surface area contributed by atoms with Gasteiger partial charge in [0.05, 0.1) is 13.7 Å². The molecule has 0 saturated heterocycles. The summed E-state index contributed by atoms with van der Waals surface area (Å²) < 4.78 is 9.63. The summed E-state index contributed by atoms with van der Waals surface area (Å²) in [5, 5.41) is 0. The lowest BCUT2D eigenvalue weighted by molar-refractivity contribution is -0.145. The molecule has 0 aliphatic carbocycles. The van der Waals surface area contributed by atoms with Crippen molar-refractivity contribution in [1.82, 2.24) is 4.90 Å². The van der Waals surface area contributed by atoms with E-state index in [-0.39, 0.29) is 18.9 Å². The number of carbonyl (C=O) groups excluding carboxylic acids is 4. The van der Waals surface area contributed by atoms with Gasteiger partial charge in [0.15, 0.2) is 0 Å². The first-order valence-electron chi connectivity index (χ1n) is 7.85. The number of nitrogens with zero attached hydrogens (tertiary/aromatic N) is 1. The third kappa shape index (κ3) is 9.24. The van der Waals surface area contributed by atoms with Gasteiger partial charge in [0, 0.05) is 6.42 Å². The maximum Gasteiger partial charge on any atom is 0.411 e. The Bertz CT molecular complexity index is 558. The van der Waals surface area contributed by atoms with Gasteiger partial charge in [0.1, 0.15) is 24.7 Å². The Morgan fingerprint density at radius 2 is 1.76 bits per heavy atom. The standard InChI is InChI=1S/C14H17NO5.C4H8O/c1-11(13(17)19-2)15(8-9-16)14(18)20-10-12-6-4-3-5-7-12;1-3-4(2)5/h3-7,9,11H,8,10H2,1-2H3;3H2,1-2H3/t11-;/m0./s1. The summed E-state index contributed by atoms with van der Waals surface area (Å²) in [4.78, 5) is 44.8. The molecule has 1 atom stereocenters. The molecule has 0 saturated carbocycles. The van der Waals surface area contributed by atoms with Crippen LogP contribution < -0.4 is 0 Å². The van der Waals surface area contributed by atoms with E-state index in [1.165, 1.54) is 14.0 Å². The van der Waals surface area contributed by atoms with Gasteiger partial charge in [0.2, 0.25) is 0 Å². The van der Waals surface area contributed by atoms with E-state index < -0.39 is 18.1 Å². The van der Waals surface area contributed by atoms with Crippen molar-refractivity contribution in [2.75, 3.05) is 13.7 Å². The van der Waals surface area contributed by atoms with Gasteiger partial charge in [-0.15, -0.1) is 0 Å². The number of aldehydes is 1. The van der Waals surface area contributed by atoms with Crippen molar-refractivity contribution in [1.29, 1.82) is 0 Å². The molecule has 1 aromatic carbocycles. The Balaban J connectivity index is 0.00000101. The van der Waals surface area contributed by atoms with E-state index in [9.17, 15) is 19.2 Å². The number of ether oxygens (including phenoxy) is 2. The second-order valence-electron chi connectivity index (χ2n) is 5.11. The molecule has 0 bridgehead atoms. The predicted molar refractivity (Wildman–Crippen MR) is 91.8 cm³/mol. The fourth-order valence-corrected chi connectivity index (χ4v) is 1.57. The number of esters is 1. The molecule has 0 N–H and O–H groups in total. The van der Waals surface area contributed by atoms with Crippen LogP contribution in [0.25, 0.3) is 0 Å². The van der Waals surface area contributed by atoms with Crippen LogP contribution in [0.2, 0.25) is 0 Å². The van der Waals surface area contributed by atoms with Crippen LogP contribution in [-0.2, 0) is 30.5 Å². The molecular weight excluding hydrogens is 326 g/mol. The molecule has 25 heavy (non-hydrogen) atoms. The van der Waals surface area contributed by atoms with Crippen molar-refractivity contribution in [3.8, 4) is 0 Å². The van der Waals surface area contributed by atoms with Crippen LogP contribution in [0.4, 0.5) is 4.79 Å². The Labute approximate surface area is 147 Å². The van der Waals surface area contributed by atoms with E-state index in [1.807, 2.05) is 25.1 Å². The molecular formula is C18H25NO6.